The lowest BCUT2D eigenvalue weighted by Crippen LogP contribution is -2.53. The van der Waals surface area contributed by atoms with Gasteiger partial charge in [0.15, 0.2) is 5.96 Å². The number of nitrogens with one attached hydrogen (secondary N) is 3. The van der Waals surface area contributed by atoms with Crippen molar-refractivity contribution in [2.45, 2.75) is 46.1 Å². The number of guanidine groups is 1. The predicted molar refractivity (Wildman–Crippen MR) is 139 cm³/mol. The number of halogens is 1. The van der Waals surface area contributed by atoms with E-state index >= 15 is 0 Å². The molecule has 1 unspecified atom stereocenters. The Morgan fingerprint density at radius 3 is 2.32 bits per heavy atom. The molecule has 0 aliphatic carbocycles. The van der Waals surface area contributed by atoms with Gasteiger partial charge in [0.25, 0.3) is 0 Å². The van der Waals surface area contributed by atoms with Crippen LogP contribution in [0, 0.1) is 5.92 Å². The van der Waals surface area contributed by atoms with Crippen molar-refractivity contribution in [1.29, 1.82) is 0 Å². The molecule has 1 atom stereocenters. The summed E-state index contributed by atoms with van der Waals surface area (Å²) in [7, 11) is 1.82. The van der Waals surface area contributed by atoms with Gasteiger partial charge in [0.05, 0.1) is 13.2 Å². The topological polar surface area (TPSA) is 78.0 Å². The normalized spacial score (nSPS) is 15.8. The summed E-state index contributed by atoms with van der Waals surface area (Å²) in [6.07, 6.45) is 3.25. The zero-order valence-corrected chi connectivity index (χ0v) is 21.8. The summed E-state index contributed by atoms with van der Waals surface area (Å²) in [5.74, 6) is 1.45. The van der Waals surface area contributed by atoms with E-state index in [1.165, 1.54) is 25.3 Å². The third-order valence-corrected chi connectivity index (χ3v) is 5.79. The minimum atomic E-state index is -0.0527. The fourth-order valence-electron chi connectivity index (χ4n) is 4.04. The molecule has 1 aliphatic rings. The Bertz CT molecular complexity index is 658. The van der Waals surface area contributed by atoms with Crippen LogP contribution in [0.25, 0.3) is 0 Å². The number of carbonyl (C=O) groups is 1. The average molecular weight is 546 g/mol. The first-order valence-electron chi connectivity index (χ1n) is 11.2. The Kier molecular flexibility index (Phi) is 13.7. The molecule has 0 radical (unpaired) electrons. The lowest BCUT2D eigenvalue weighted by molar-refractivity contribution is -0.114. The van der Waals surface area contributed by atoms with Gasteiger partial charge >= 0.3 is 0 Å². The second-order valence-electron chi connectivity index (χ2n) is 7.80. The average Bonchev–Trinajstić information content (AvgIpc) is 2.76. The lowest BCUT2D eigenvalue weighted by Gasteiger charge is -2.39. The van der Waals surface area contributed by atoms with Gasteiger partial charge in [-0.2, -0.15) is 0 Å². The molecule has 0 bridgehead atoms. The summed E-state index contributed by atoms with van der Waals surface area (Å²) in [4.78, 5) is 18.1. The highest BCUT2D eigenvalue weighted by Crippen LogP contribution is 2.19. The molecule has 31 heavy (non-hydrogen) atoms. The first-order valence-corrected chi connectivity index (χ1v) is 11.2. The van der Waals surface area contributed by atoms with Gasteiger partial charge in [0, 0.05) is 51.9 Å². The largest absolute Gasteiger partial charge is 0.379 e. The van der Waals surface area contributed by atoms with Gasteiger partial charge in [-0.15, -0.1) is 24.0 Å². The number of ether oxygens (including phenoxy) is 1. The highest BCUT2D eigenvalue weighted by molar-refractivity contribution is 14.0. The summed E-state index contributed by atoms with van der Waals surface area (Å²) >= 11 is 0. The van der Waals surface area contributed by atoms with Crippen LogP contribution in [0.3, 0.4) is 0 Å². The summed E-state index contributed by atoms with van der Waals surface area (Å²) in [5.41, 5.74) is 2.04. The minimum absolute atomic E-state index is 0. The molecular formula is C23H40IN5O2. The van der Waals surface area contributed by atoms with E-state index < -0.39 is 0 Å². The molecule has 2 rings (SSSR count). The van der Waals surface area contributed by atoms with Crippen LogP contribution in [0.5, 0.6) is 0 Å². The second-order valence-corrected chi connectivity index (χ2v) is 7.80. The fourth-order valence-corrected chi connectivity index (χ4v) is 4.04. The van der Waals surface area contributed by atoms with Crippen molar-refractivity contribution in [2.75, 3.05) is 51.8 Å². The number of nitrogens with zero attached hydrogens (tertiary/aromatic N) is 2. The van der Waals surface area contributed by atoms with Crippen molar-refractivity contribution >= 4 is 41.5 Å². The smallest absolute Gasteiger partial charge is 0.221 e. The molecule has 176 valence electrons. The third-order valence-electron chi connectivity index (χ3n) is 5.79. The Morgan fingerprint density at radius 1 is 1.13 bits per heavy atom. The highest BCUT2D eigenvalue weighted by Gasteiger charge is 2.26. The minimum Gasteiger partial charge on any atom is -0.379 e. The first-order chi connectivity index (χ1) is 14.6. The maximum absolute atomic E-state index is 11.1. The van der Waals surface area contributed by atoms with E-state index in [1.54, 1.807) is 0 Å². The van der Waals surface area contributed by atoms with Gasteiger partial charge in [-0.25, -0.2) is 0 Å². The highest BCUT2D eigenvalue weighted by atomic mass is 127. The van der Waals surface area contributed by atoms with Crippen molar-refractivity contribution in [3.05, 3.63) is 29.8 Å². The lowest BCUT2D eigenvalue weighted by atomic mass is 9.92. The molecule has 1 amide bonds. The number of rotatable bonds is 10. The van der Waals surface area contributed by atoms with E-state index in [0.717, 1.165) is 57.5 Å². The van der Waals surface area contributed by atoms with Crippen LogP contribution in [0.1, 0.15) is 39.2 Å². The van der Waals surface area contributed by atoms with Crippen molar-refractivity contribution in [3.8, 4) is 0 Å². The van der Waals surface area contributed by atoms with Crippen LogP contribution >= 0.6 is 24.0 Å². The number of hydrogen-bond acceptors (Lipinski definition) is 4. The Labute approximate surface area is 204 Å². The third kappa shape index (κ3) is 9.74. The Balaban J connectivity index is 0.00000480. The number of carbonyl (C=O) groups excluding carboxylic acids is 1. The van der Waals surface area contributed by atoms with Crippen molar-refractivity contribution in [2.24, 2.45) is 10.9 Å². The molecule has 1 aliphatic heterocycles. The van der Waals surface area contributed by atoms with Crippen molar-refractivity contribution < 1.29 is 9.53 Å². The van der Waals surface area contributed by atoms with Gasteiger partial charge in [-0.05, 0) is 30.0 Å². The number of morpholine rings is 1. The van der Waals surface area contributed by atoms with Crippen LogP contribution < -0.4 is 16.0 Å². The number of amides is 1. The van der Waals surface area contributed by atoms with Gasteiger partial charge in [0.2, 0.25) is 5.91 Å². The molecule has 1 aromatic rings. The van der Waals surface area contributed by atoms with Crippen LogP contribution in [-0.2, 0) is 16.0 Å². The number of hydrogen-bond donors (Lipinski definition) is 3. The number of aliphatic imine (C=N–C) groups is 1. The van der Waals surface area contributed by atoms with E-state index in [-0.39, 0.29) is 29.9 Å². The molecule has 1 saturated heterocycles. The maximum atomic E-state index is 11.1. The van der Waals surface area contributed by atoms with E-state index in [1.807, 2.05) is 31.3 Å². The monoisotopic (exact) mass is 545 g/mol. The molecule has 0 saturated carbocycles. The van der Waals surface area contributed by atoms with Crippen LogP contribution in [0.2, 0.25) is 0 Å². The zero-order chi connectivity index (χ0) is 21.8. The van der Waals surface area contributed by atoms with Crippen molar-refractivity contribution in [3.63, 3.8) is 0 Å². The van der Waals surface area contributed by atoms with Gasteiger partial charge in [0.1, 0.15) is 0 Å². The van der Waals surface area contributed by atoms with Gasteiger partial charge in [-0.1, -0.05) is 38.8 Å². The molecule has 1 fully saturated rings. The van der Waals surface area contributed by atoms with Crippen LogP contribution in [0.4, 0.5) is 5.69 Å². The molecule has 1 heterocycles. The summed E-state index contributed by atoms with van der Waals surface area (Å²) in [6.45, 7) is 11.4. The first kappa shape index (κ1) is 27.6. The van der Waals surface area contributed by atoms with E-state index in [2.05, 4.69) is 39.7 Å². The summed E-state index contributed by atoms with van der Waals surface area (Å²) in [6, 6.07) is 8.46. The SMILES string of the molecule is CCC(CC)C(CNC(=NC)NCCc1ccc(NC(C)=O)cc1)N1CCOCC1.I. The number of benzene rings is 1. The van der Waals surface area contributed by atoms with Gasteiger partial charge in [-0.3, -0.25) is 14.7 Å². The molecule has 0 aromatic heterocycles. The van der Waals surface area contributed by atoms with Crippen LogP contribution in [-0.4, -0.2) is 69.2 Å². The molecule has 1 aromatic carbocycles. The van der Waals surface area contributed by atoms with Crippen molar-refractivity contribution in [1.82, 2.24) is 15.5 Å². The zero-order valence-electron chi connectivity index (χ0n) is 19.4. The second kappa shape index (κ2) is 15.4. The van der Waals surface area contributed by atoms with E-state index in [0.29, 0.717) is 12.0 Å². The molecule has 7 nitrogen and oxygen atoms in total. The fraction of sp³-hybridized carbons (Fsp3) is 0.652. The standard InChI is InChI=1S/C23H39N5O2.HI/c1-5-20(6-2)22(28-13-15-30-16-14-28)17-26-23(24-4)25-12-11-19-7-9-21(10-8-19)27-18(3)29;/h7-10,20,22H,5-6,11-17H2,1-4H3,(H,27,29)(H2,24,25,26);1H. The predicted octanol–water partition coefficient (Wildman–Crippen LogP) is 3.11. The molecule has 8 heteroatoms. The molecular weight excluding hydrogens is 505 g/mol. The van der Waals surface area contributed by atoms with E-state index in [4.69, 9.17) is 4.74 Å². The Hall–Kier alpha value is -1.39. The van der Waals surface area contributed by atoms with Crippen LogP contribution in [0.15, 0.2) is 29.3 Å². The quantitative estimate of drug-likeness (QED) is 0.239. The maximum Gasteiger partial charge on any atom is 0.221 e. The summed E-state index contributed by atoms with van der Waals surface area (Å²) < 4.78 is 5.55. The summed E-state index contributed by atoms with van der Waals surface area (Å²) in [5, 5.41) is 9.76. The van der Waals surface area contributed by atoms with Gasteiger partial charge < -0.3 is 20.7 Å². The molecule has 0 spiro atoms. The Morgan fingerprint density at radius 2 is 1.77 bits per heavy atom. The molecule has 3 N–H and O–H groups in total. The number of anilines is 1. The van der Waals surface area contributed by atoms with E-state index in [9.17, 15) is 4.79 Å².